The minimum atomic E-state index is -0.583. The highest BCUT2D eigenvalue weighted by Gasteiger charge is 2.32. The summed E-state index contributed by atoms with van der Waals surface area (Å²) in [5.74, 6) is 0.216. The van der Waals surface area contributed by atoms with Gasteiger partial charge in [0.05, 0.1) is 12.1 Å². The van der Waals surface area contributed by atoms with Crippen molar-refractivity contribution in [1.82, 2.24) is 14.7 Å². The van der Waals surface area contributed by atoms with Crippen molar-refractivity contribution in [2.24, 2.45) is 0 Å². The van der Waals surface area contributed by atoms with Crippen molar-refractivity contribution < 1.29 is 9.90 Å². The molecule has 110 valence electrons. The molecule has 1 unspecified atom stereocenters. The smallest absolute Gasteiger partial charge is 0.236 e. The molecule has 5 nitrogen and oxygen atoms in total. The summed E-state index contributed by atoms with van der Waals surface area (Å²) in [6, 6.07) is 0. The topological polar surface area (TPSA) is 47.0 Å². The minimum absolute atomic E-state index is 0.216. The van der Waals surface area contributed by atoms with Crippen molar-refractivity contribution in [2.45, 2.75) is 31.8 Å². The molecular formula is C14H27N3O2. The number of likely N-dealkylation sites (tertiary alicyclic amines) is 1. The number of hydrogen-bond acceptors (Lipinski definition) is 4. The van der Waals surface area contributed by atoms with Gasteiger partial charge in [-0.05, 0) is 32.9 Å². The van der Waals surface area contributed by atoms with Crippen LogP contribution in [0.5, 0.6) is 0 Å². The van der Waals surface area contributed by atoms with Gasteiger partial charge in [0.25, 0.3) is 0 Å². The van der Waals surface area contributed by atoms with Crippen LogP contribution in [0.3, 0.4) is 0 Å². The Morgan fingerprint density at radius 3 is 2.53 bits per heavy atom. The zero-order valence-corrected chi connectivity index (χ0v) is 12.3. The highest BCUT2D eigenvalue weighted by atomic mass is 16.3. The van der Waals surface area contributed by atoms with Crippen LogP contribution in [0.15, 0.2) is 0 Å². The van der Waals surface area contributed by atoms with E-state index in [-0.39, 0.29) is 5.91 Å². The minimum Gasteiger partial charge on any atom is -0.389 e. The number of rotatable bonds is 3. The third kappa shape index (κ3) is 3.91. The molecule has 0 aromatic heterocycles. The van der Waals surface area contributed by atoms with E-state index < -0.39 is 5.60 Å². The Balaban J connectivity index is 1.82. The Hall–Kier alpha value is -0.650. The lowest BCUT2D eigenvalue weighted by molar-refractivity contribution is -0.135. The lowest BCUT2D eigenvalue weighted by Crippen LogP contribution is -2.53. The zero-order valence-electron chi connectivity index (χ0n) is 12.3. The Labute approximate surface area is 116 Å². The van der Waals surface area contributed by atoms with E-state index in [2.05, 4.69) is 16.8 Å². The number of piperidine rings is 1. The van der Waals surface area contributed by atoms with Gasteiger partial charge >= 0.3 is 0 Å². The first-order chi connectivity index (χ1) is 9.02. The fourth-order valence-electron chi connectivity index (χ4n) is 2.98. The van der Waals surface area contributed by atoms with Gasteiger partial charge in [0.15, 0.2) is 0 Å². The van der Waals surface area contributed by atoms with Gasteiger partial charge in [0.2, 0.25) is 5.91 Å². The van der Waals surface area contributed by atoms with E-state index >= 15 is 0 Å². The third-order valence-corrected chi connectivity index (χ3v) is 4.51. The summed E-state index contributed by atoms with van der Waals surface area (Å²) in [6.07, 6.45) is 2.62. The first-order valence-corrected chi connectivity index (χ1v) is 7.43. The second-order valence-corrected chi connectivity index (χ2v) is 6.08. The van der Waals surface area contributed by atoms with Crippen LogP contribution in [0.25, 0.3) is 0 Å². The van der Waals surface area contributed by atoms with E-state index in [0.717, 1.165) is 52.0 Å². The Bertz CT molecular complexity index is 316. The molecule has 0 spiro atoms. The number of amides is 1. The maximum absolute atomic E-state index is 12.3. The van der Waals surface area contributed by atoms with E-state index in [4.69, 9.17) is 0 Å². The van der Waals surface area contributed by atoms with Crippen molar-refractivity contribution in [3.05, 3.63) is 0 Å². The molecule has 0 aromatic carbocycles. The van der Waals surface area contributed by atoms with E-state index in [9.17, 15) is 9.90 Å². The predicted molar refractivity (Wildman–Crippen MR) is 75.0 cm³/mol. The highest BCUT2D eigenvalue weighted by molar-refractivity contribution is 5.78. The number of β-amino-alcohol motifs (C(OH)–C–C–N with tert-alkyl or cyclic N) is 1. The number of nitrogens with zero attached hydrogens (tertiary/aromatic N) is 3. The normalized spacial score (nSPS) is 30.6. The quantitative estimate of drug-likeness (QED) is 0.783. The number of hydrogen-bond donors (Lipinski definition) is 1. The molecule has 2 heterocycles. The van der Waals surface area contributed by atoms with Crippen LogP contribution >= 0.6 is 0 Å². The summed E-state index contributed by atoms with van der Waals surface area (Å²) in [5.41, 5.74) is -0.583. The summed E-state index contributed by atoms with van der Waals surface area (Å²) in [4.78, 5) is 18.6. The first-order valence-electron chi connectivity index (χ1n) is 7.43. The molecule has 2 rings (SSSR count). The summed E-state index contributed by atoms with van der Waals surface area (Å²) in [7, 11) is 2.09. The van der Waals surface area contributed by atoms with Crippen LogP contribution in [0.2, 0.25) is 0 Å². The molecular weight excluding hydrogens is 242 g/mol. The van der Waals surface area contributed by atoms with Crippen LogP contribution in [-0.4, -0.2) is 84.2 Å². The van der Waals surface area contributed by atoms with Gasteiger partial charge in [-0.3, -0.25) is 9.69 Å². The molecule has 2 aliphatic heterocycles. The highest BCUT2D eigenvalue weighted by Crippen LogP contribution is 2.23. The monoisotopic (exact) mass is 269 g/mol. The lowest BCUT2D eigenvalue weighted by atomic mass is 9.90. The summed E-state index contributed by atoms with van der Waals surface area (Å²) < 4.78 is 0. The van der Waals surface area contributed by atoms with Gasteiger partial charge in [-0.15, -0.1) is 0 Å². The predicted octanol–water partition coefficient (Wildman–Crippen LogP) is -0.00270. The molecule has 2 aliphatic rings. The maximum atomic E-state index is 12.3. The lowest BCUT2D eigenvalue weighted by Gasteiger charge is -2.40. The maximum Gasteiger partial charge on any atom is 0.236 e. The number of likely N-dealkylation sites (N-methyl/N-ethyl adjacent to an activating group) is 1. The van der Waals surface area contributed by atoms with Crippen LogP contribution in [0.1, 0.15) is 26.2 Å². The van der Waals surface area contributed by atoms with Crippen molar-refractivity contribution in [3.63, 3.8) is 0 Å². The fourth-order valence-corrected chi connectivity index (χ4v) is 2.98. The molecule has 2 saturated heterocycles. The molecule has 0 bridgehead atoms. The second kappa shape index (κ2) is 6.20. The molecule has 5 heteroatoms. The zero-order chi connectivity index (χ0) is 13.9. The van der Waals surface area contributed by atoms with E-state index in [1.54, 1.807) is 0 Å². The van der Waals surface area contributed by atoms with E-state index in [0.29, 0.717) is 13.1 Å². The number of carbonyl (C=O) groups excluding carboxylic acids is 1. The third-order valence-electron chi connectivity index (χ3n) is 4.51. The molecule has 1 atom stereocenters. The average Bonchev–Trinajstić information content (AvgIpc) is 2.39. The average molecular weight is 269 g/mol. The SMILES string of the molecule is CCC1(O)CCCN(CC(=O)N2CCN(C)CC2)C1. The molecule has 19 heavy (non-hydrogen) atoms. The van der Waals surface area contributed by atoms with Crippen LogP contribution < -0.4 is 0 Å². The van der Waals surface area contributed by atoms with Gasteiger partial charge in [-0.1, -0.05) is 6.92 Å². The van der Waals surface area contributed by atoms with Crippen LogP contribution in [0.4, 0.5) is 0 Å². The van der Waals surface area contributed by atoms with Gasteiger partial charge in [-0.2, -0.15) is 0 Å². The van der Waals surface area contributed by atoms with Crippen molar-refractivity contribution in [1.29, 1.82) is 0 Å². The first kappa shape index (κ1) is 14.8. The number of aliphatic hydroxyl groups is 1. The molecule has 1 N–H and O–H groups in total. The van der Waals surface area contributed by atoms with Crippen molar-refractivity contribution in [3.8, 4) is 0 Å². The van der Waals surface area contributed by atoms with E-state index in [1.165, 1.54) is 0 Å². The van der Waals surface area contributed by atoms with E-state index in [1.807, 2.05) is 11.8 Å². The van der Waals surface area contributed by atoms with Gasteiger partial charge < -0.3 is 14.9 Å². The Morgan fingerprint density at radius 2 is 1.89 bits per heavy atom. The largest absolute Gasteiger partial charge is 0.389 e. The standard InChI is InChI=1S/C14H27N3O2/c1-3-14(19)5-4-6-16(12-14)11-13(18)17-9-7-15(2)8-10-17/h19H,3-12H2,1-2H3. The van der Waals surface area contributed by atoms with Crippen molar-refractivity contribution >= 4 is 5.91 Å². The van der Waals surface area contributed by atoms with Crippen LogP contribution in [0, 0.1) is 0 Å². The number of piperazine rings is 1. The summed E-state index contributed by atoms with van der Waals surface area (Å²) in [5, 5.41) is 10.3. The van der Waals surface area contributed by atoms with Gasteiger partial charge in [0, 0.05) is 32.7 Å². The van der Waals surface area contributed by atoms with Crippen molar-refractivity contribution in [2.75, 3.05) is 52.9 Å². The second-order valence-electron chi connectivity index (χ2n) is 6.08. The van der Waals surface area contributed by atoms with Gasteiger partial charge in [0.1, 0.15) is 0 Å². The number of carbonyl (C=O) groups is 1. The fraction of sp³-hybridized carbons (Fsp3) is 0.929. The molecule has 0 radical (unpaired) electrons. The summed E-state index contributed by atoms with van der Waals surface area (Å²) in [6.45, 7) is 7.65. The Kier molecular flexibility index (Phi) is 4.81. The van der Waals surface area contributed by atoms with Gasteiger partial charge in [-0.25, -0.2) is 0 Å². The molecule has 0 aromatic rings. The van der Waals surface area contributed by atoms with Crippen LogP contribution in [-0.2, 0) is 4.79 Å². The molecule has 0 aliphatic carbocycles. The summed E-state index contributed by atoms with van der Waals surface area (Å²) >= 11 is 0. The molecule has 1 amide bonds. The Morgan fingerprint density at radius 1 is 1.21 bits per heavy atom. The molecule has 0 saturated carbocycles. The molecule has 2 fully saturated rings.